The Morgan fingerprint density at radius 3 is 2.24 bits per heavy atom. The molecular formula is C18H21FN2O3S. The first-order valence-corrected chi connectivity index (χ1v) is 9.45. The van der Waals surface area contributed by atoms with Crippen molar-refractivity contribution in [3.63, 3.8) is 0 Å². The molecule has 25 heavy (non-hydrogen) atoms. The summed E-state index contributed by atoms with van der Waals surface area (Å²) >= 11 is 0. The third-order valence-corrected chi connectivity index (χ3v) is 5.10. The topological polar surface area (TPSA) is 66.5 Å². The van der Waals surface area contributed by atoms with Crippen molar-refractivity contribution in [3.8, 4) is 0 Å². The third-order valence-electron chi connectivity index (χ3n) is 3.70. The van der Waals surface area contributed by atoms with Crippen LogP contribution in [0.15, 0.2) is 53.4 Å². The minimum absolute atomic E-state index is 0.0339. The van der Waals surface area contributed by atoms with Gasteiger partial charge in [0.2, 0.25) is 0 Å². The molecule has 7 heteroatoms. The number of hydrogen-bond donors (Lipinski definition) is 1. The van der Waals surface area contributed by atoms with Gasteiger partial charge in [0, 0.05) is 24.8 Å². The normalized spacial score (nSPS) is 11.2. The van der Waals surface area contributed by atoms with E-state index in [4.69, 9.17) is 0 Å². The van der Waals surface area contributed by atoms with Crippen LogP contribution in [-0.2, 0) is 10.0 Å². The molecule has 0 saturated carbocycles. The van der Waals surface area contributed by atoms with Crippen LogP contribution < -0.4 is 4.72 Å². The van der Waals surface area contributed by atoms with Gasteiger partial charge in [-0.05, 0) is 55.0 Å². The number of nitrogens with zero attached hydrogens (tertiary/aromatic N) is 1. The first kappa shape index (κ1) is 18.9. The molecule has 0 aliphatic carbocycles. The van der Waals surface area contributed by atoms with Crippen LogP contribution >= 0.6 is 0 Å². The van der Waals surface area contributed by atoms with Gasteiger partial charge in [-0.1, -0.05) is 13.3 Å². The second-order valence-electron chi connectivity index (χ2n) is 5.72. The first-order valence-electron chi connectivity index (χ1n) is 7.97. The fourth-order valence-electron chi connectivity index (χ4n) is 2.23. The molecule has 0 aromatic heterocycles. The van der Waals surface area contributed by atoms with Gasteiger partial charge < -0.3 is 4.90 Å². The molecule has 1 amide bonds. The second kappa shape index (κ2) is 8.11. The Labute approximate surface area is 147 Å². The quantitative estimate of drug-likeness (QED) is 0.818. The Morgan fingerprint density at radius 2 is 1.68 bits per heavy atom. The van der Waals surface area contributed by atoms with Crippen molar-refractivity contribution in [1.82, 2.24) is 4.90 Å². The van der Waals surface area contributed by atoms with Crippen LogP contribution in [0.5, 0.6) is 0 Å². The number of halogens is 1. The number of rotatable bonds is 7. The molecule has 2 aromatic carbocycles. The van der Waals surface area contributed by atoms with Crippen molar-refractivity contribution in [2.45, 2.75) is 24.7 Å². The highest BCUT2D eigenvalue weighted by Gasteiger charge is 2.15. The second-order valence-corrected chi connectivity index (χ2v) is 7.40. The average molecular weight is 364 g/mol. The summed E-state index contributed by atoms with van der Waals surface area (Å²) in [7, 11) is -2.06. The fourth-order valence-corrected chi connectivity index (χ4v) is 3.28. The minimum atomic E-state index is -3.80. The van der Waals surface area contributed by atoms with Crippen LogP contribution in [0.2, 0.25) is 0 Å². The SMILES string of the molecule is CCCCN(C)C(=O)c1ccc(NS(=O)(=O)c2ccc(F)cc2)cc1. The van der Waals surface area contributed by atoms with E-state index in [1.807, 2.05) is 0 Å². The molecule has 2 aromatic rings. The Hall–Kier alpha value is -2.41. The van der Waals surface area contributed by atoms with Gasteiger partial charge in [-0.25, -0.2) is 12.8 Å². The molecular weight excluding hydrogens is 343 g/mol. The van der Waals surface area contributed by atoms with Gasteiger partial charge >= 0.3 is 0 Å². The van der Waals surface area contributed by atoms with E-state index in [1.165, 1.54) is 24.3 Å². The highest BCUT2D eigenvalue weighted by molar-refractivity contribution is 7.92. The van der Waals surface area contributed by atoms with Crippen LogP contribution in [0.25, 0.3) is 0 Å². The molecule has 0 heterocycles. The van der Waals surface area contributed by atoms with Crippen molar-refractivity contribution >= 4 is 21.6 Å². The Balaban J connectivity index is 2.09. The zero-order chi connectivity index (χ0) is 18.4. The molecule has 0 aliphatic rings. The van der Waals surface area contributed by atoms with Crippen LogP contribution in [0, 0.1) is 5.82 Å². The van der Waals surface area contributed by atoms with E-state index >= 15 is 0 Å². The predicted molar refractivity (Wildman–Crippen MR) is 95.5 cm³/mol. The van der Waals surface area contributed by atoms with Gasteiger partial charge in [-0.3, -0.25) is 9.52 Å². The van der Waals surface area contributed by atoms with Crippen LogP contribution in [0.4, 0.5) is 10.1 Å². The van der Waals surface area contributed by atoms with E-state index in [1.54, 1.807) is 24.1 Å². The van der Waals surface area contributed by atoms with E-state index in [2.05, 4.69) is 11.6 Å². The number of anilines is 1. The Morgan fingerprint density at radius 1 is 1.08 bits per heavy atom. The molecule has 0 aliphatic heterocycles. The maximum Gasteiger partial charge on any atom is 0.261 e. The molecule has 134 valence electrons. The molecule has 0 unspecified atom stereocenters. The predicted octanol–water partition coefficient (Wildman–Crippen LogP) is 3.50. The third kappa shape index (κ3) is 5.03. The number of nitrogens with one attached hydrogen (secondary N) is 1. The summed E-state index contributed by atoms with van der Waals surface area (Å²) < 4.78 is 39.8. The number of carbonyl (C=O) groups is 1. The molecule has 0 radical (unpaired) electrons. The Bertz CT molecular complexity index is 818. The summed E-state index contributed by atoms with van der Waals surface area (Å²) in [6.45, 7) is 2.73. The van der Waals surface area contributed by atoms with Gasteiger partial charge in [0.25, 0.3) is 15.9 Å². The van der Waals surface area contributed by atoms with E-state index in [0.29, 0.717) is 17.8 Å². The smallest absolute Gasteiger partial charge is 0.261 e. The van der Waals surface area contributed by atoms with Crippen LogP contribution in [0.3, 0.4) is 0 Å². The van der Waals surface area contributed by atoms with E-state index in [0.717, 1.165) is 25.0 Å². The van der Waals surface area contributed by atoms with Crippen molar-refractivity contribution in [3.05, 3.63) is 59.9 Å². The Kier molecular flexibility index (Phi) is 6.14. The summed E-state index contributed by atoms with van der Waals surface area (Å²) in [5.41, 5.74) is 0.820. The molecule has 2 rings (SSSR count). The van der Waals surface area contributed by atoms with Crippen molar-refractivity contribution in [1.29, 1.82) is 0 Å². The lowest BCUT2D eigenvalue weighted by molar-refractivity contribution is 0.0793. The first-order chi connectivity index (χ1) is 11.8. The molecule has 0 saturated heterocycles. The van der Waals surface area contributed by atoms with Gasteiger partial charge in [-0.15, -0.1) is 0 Å². The number of benzene rings is 2. The lowest BCUT2D eigenvalue weighted by Gasteiger charge is -2.17. The van der Waals surface area contributed by atoms with Gasteiger partial charge in [0.05, 0.1) is 4.90 Å². The summed E-state index contributed by atoms with van der Waals surface area (Å²) in [5, 5.41) is 0. The van der Waals surface area contributed by atoms with E-state index < -0.39 is 15.8 Å². The maximum absolute atomic E-state index is 12.9. The highest BCUT2D eigenvalue weighted by Crippen LogP contribution is 2.17. The average Bonchev–Trinajstić information content (AvgIpc) is 2.59. The number of hydrogen-bond acceptors (Lipinski definition) is 3. The molecule has 5 nitrogen and oxygen atoms in total. The van der Waals surface area contributed by atoms with Gasteiger partial charge in [0.1, 0.15) is 5.82 Å². The standard InChI is InChI=1S/C18H21FN2O3S/c1-3-4-13-21(2)18(22)14-5-9-16(10-6-14)20-25(23,24)17-11-7-15(19)8-12-17/h5-12,20H,3-4,13H2,1-2H3. The molecule has 0 spiro atoms. The zero-order valence-electron chi connectivity index (χ0n) is 14.2. The van der Waals surface area contributed by atoms with Crippen molar-refractivity contribution in [2.24, 2.45) is 0 Å². The maximum atomic E-state index is 12.9. The lowest BCUT2D eigenvalue weighted by atomic mass is 10.2. The van der Waals surface area contributed by atoms with Crippen molar-refractivity contribution in [2.75, 3.05) is 18.3 Å². The number of sulfonamides is 1. The van der Waals surface area contributed by atoms with Crippen molar-refractivity contribution < 1.29 is 17.6 Å². The molecule has 0 bridgehead atoms. The monoisotopic (exact) mass is 364 g/mol. The lowest BCUT2D eigenvalue weighted by Crippen LogP contribution is -2.27. The minimum Gasteiger partial charge on any atom is -0.342 e. The summed E-state index contributed by atoms with van der Waals surface area (Å²) in [5.74, 6) is -0.615. The summed E-state index contributed by atoms with van der Waals surface area (Å²) in [6.07, 6.45) is 1.93. The van der Waals surface area contributed by atoms with Gasteiger partial charge in [0.15, 0.2) is 0 Å². The number of amides is 1. The molecule has 0 fully saturated rings. The van der Waals surface area contributed by atoms with Gasteiger partial charge in [-0.2, -0.15) is 0 Å². The summed E-state index contributed by atoms with van der Waals surface area (Å²) in [4.78, 5) is 13.9. The number of carbonyl (C=O) groups excluding carboxylic acids is 1. The van der Waals surface area contributed by atoms with E-state index in [9.17, 15) is 17.6 Å². The molecule has 0 atom stereocenters. The highest BCUT2D eigenvalue weighted by atomic mass is 32.2. The van der Waals surface area contributed by atoms with Crippen LogP contribution in [-0.4, -0.2) is 32.8 Å². The van der Waals surface area contributed by atoms with Crippen LogP contribution in [0.1, 0.15) is 30.1 Å². The summed E-state index contributed by atoms with van der Waals surface area (Å²) in [6, 6.07) is 10.8. The zero-order valence-corrected chi connectivity index (χ0v) is 15.0. The largest absolute Gasteiger partial charge is 0.342 e. The molecule has 1 N–H and O–H groups in total. The fraction of sp³-hybridized carbons (Fsp3) is 0.278. The van der Waals surface area contributed by atoms with E-state index in [-0.39, 0.29) is 10.8 Å². The number of unbranched alkanes of at least 4 members (excludes halogenated alkanes) is 1.